The highest BCUT2D eigenvalue weighted by Crippen LogP contribution is 2.24. The van der Waals surface area contributed by atoms with Crippen molar-refractivity contribution in [1.29, 1.82) is 0 Å². The summed E-state index contributed by atoms with van der Waals surface area (Å²) in [7, 11) is 0. The Hall–Kier alpha value is -3.02. The number of carbonyl (C=O) groups excluding carboxylic acids is 2. The number of rotatable bonds is 5. The highest BCUT2D eigenvalue weighted by Gasteiger charge is 2.36. The molecule has 4 amide bonds. The van der Waals surface area contributed by atoms with Crippen molar-refractivity contribution >= 4 is 17.7 Å². The fourth-order valence-corrected chi connectivity index (χ4v) is 4.42. The lowest BCUT2D eigenvalue weighted by Crippen LogP contribution is -2.49. The molecule has 2 aliphatic rings. The van der Waals surface area contributed by atoms with Crippen LogP contribution in [0.2, 0.25) is 0 Å². The molecule has 0 radical (unpaired) electrons. The monoisotopic (exact) mass is 406 g/mol. The average molecular weight is 407 g/mol. The third-order valence-electron chi connectivity index (χ3n) is 6.18. The Bertz CT molecular complexity index is 878. The molecule has 30 heavy (non-hydrogen) atoms. The molecule has 2 aliphatic heterocycles. The fraction of sp³-hybridized carbons (Fsp3) is 0.417. The van der Waals surface area contributed by atoms with Gasteiger partial charge < -0.3 is 20.0 Å². The van der Waals surface area contributed by atoms with Crippen LogP contribution in [0.4, 0.5) is 15.3 Å². The van der Waals surface area contributed by atoms with Crippen LogP contribution in [0.15, 0.2) is 54.6 Å². The summed E-state index contributed by atoms with van der Waals surface area (Å²) in [6.07, 6.45) is 2.54. The van der Waals surface area contributed by atoms with Gasteiger partial charge in [-0.05, 0) is 36.5 Å². The molecule has 1 N–H and O–H groups in total. The average Bonchev–Trinajstić information content (AvgIpc) is 3.15. The molecule has 2 saturated heterocycles. The van der Waals surface area contributed by atoms with E-state index in [-0.39, 0.29) is 18.1 Å². The van der Waals surface area contributed by atoms with Crippen LogP contribution >= 0.6 is 0 Å². The van der Waals surface area contributed by atoms with Gasteiger partial charge in [0.05, 0.1) is 0 Å². The van der Waals surface area contributed by atoms with E-state index in [9.17, 15) is 9.59 Å². The molecule has 6 nitrogen and oxygen atoms in total. The number of hydrogen-bond acceptors (Lipinski definition) is 2. The molecule has 6 heteroatoms. The van der Waals surface area contributed by atoms with E-state index in [2.05, 4.69) is 24.4 Å². The molecule has 4 rings (SSSR count). The lowest BCUT2D eigenvalue weighted by molar-refractivity contribution is 0.139. The molecule has 158 valence electrons. The second-order valence-electron chi connectivity index (χ2n) is 8.04. The summed E-state index contributed by atoms with van der Waals surface area (Å²) in [6, 6.07) is 18.3. The van der Waals surface area contributed by atoms with Gasteiger partial charge in [0, 0.05) is 44.5 Å². The van der Waals surface area contributed by atoms with E-state index in [4.69, 9.17) is 0 Å². The van der Waals surface area contributed by atoms with Gasteiger partial charge in [0.25, 0.3) is 0 Å². The zero-order valence-electron chi connectivity index (χ0n) is 17.6. The van der Waals surface area contributed by atoms with E-state index in [1.54, 1.807) is 0 Å². The first kappa shape index (κ1) is 20.3. The smallest absolute Gasteiger partial charge is 0.321 e. The largest absolute Gasteiger partial charge is 0.324 e. The number of nitrogens with one attached hydrogen (secondary N) is 1. The zero-order valence-corrected chi connectivity index (χ0v) is 17.6. The van der Waals surface area contributed by atoms with Crippen molar-refractivity contribution in [2.75, 3.05) is 31.5 Å². The minimum absolute atomic E-state index is 0.0483. The summed E-state index contributed by atoms with van der Waals surface area (Å²) < 4.78 is 0. The maximum atomic E-state index is 12.9. The summed E-state index contributed by atoms with van der Waals surface area (Å²) in [4.78, 5) is 31.4. The maximum absolute atomic E-state index is 12.9. The Morgan fingerprint density at radius 2 is 1.67 bits per heavy atom. The second kappa shape index (κ2) is 9.20. The van der Waals surface area contributed by atoms with Crippen LogP contribution in [-0.2, 0) is 13.0 Å². The van der Waals surface area contributed by atoms with Crippen molar-refractivity contribution in [3.05, 3.63) is 65.7 Å². The predicted octanol–water partition coefficient (Wildman–Crippen LogP) is 4.18. The number of urea groups is 2. The van der Waals surface area contributed by atoms with Gasteiger partial charge in [-0.2, -0.15) is 0 Å². The minimum Gasteiger partial charge on any atom is -0.324 e. The molecular weight excluding hydrogens is 376 g/mol. The lowest BCUT2D eigenvalue weighted by atomic mass is 10.0. The molecule has 2 fully saturated rings. The normalized spacial score (nSPS) is 17.5. The Kier molecular flexibility index (Phi) is 6.21. The number of hydrogen-bond donors (Lipinski definition) is 1. The van der Waals surface area contributed by atoms with Crippen LogP contribution in [0.5, 0.6) is 0 Å². The maximum Gasteiger partial charge on any atom is 0.321 e. The van der Waals surface area contributed by atoms with Crippen LogP contribution in [0.25, 0.3) is 0 Å². The number of carbonyl (C=O) groups is 2. The van der Waals surface area contributed by atoms with E-state index in [0.717, 1.165) is 49.2 Å². The molecule has 0 bridgehead atoms. The van der Waals surface area contributed by atoms with Gasteiger partial charge >= 0.3 is 12.1 Å². The Labute approximate surface area is 178 Å². The molecule has 0 aromatic heterocycles. The van der Waals surface area contributed by atoms with Gasteiger partial charge in [-0.1, -0.05) is 55.5 Å². The summed E-state index contributed by atoms with van der Waals surface area (Å²) in [5.41, 5.74) is 3.19. The summed E-state index contributed by atoms with van der Waals surface area (Å²) >= 11 is 0. The van der Waals surface area contributed by atoms with E-state index in [1.807, 2.05) is 57.2 Å². The number of likely N-dealkylation sites (tertiary alicyclic amines) is 1. The minimum atomic E-state index is -0.0483. The van der Waals surface area contributed by atoms with Crippen LogP contribution < -0.4 is 5.32 Å². The first-order valence-electron chi connectivity index (χ1n) is 10.9. The van der Waals surface area contributed by atoms with Crippen molar-refractivity contribution in [1.82, 2.24) is 14.7 Å². The molecule has 2 aromatic carbocycles. The van der Waals surface area contributed by atoms with Crippen molar-refractivity contribution in [3.63, 3.8) is 0 Å². The molecule has 2 heterocycles. The number of anilines is 1. The summed E-state index contributed by atoms with van der Waals surface area (Å²) in [6.45, 7) is 5.63. The first-order valence-corrected chi connectivity index (χ1v) is 10.9. The van der Waals surface area contributed by atoms with E-state index >= 15 is 0 Å². The first-order chi connectivity index (χ1) is 14.7. The van der Waals surface area contributed by atoms with Crippen molar-refractivity contribution in [3.8, 4) is 0 Å². The van der Waals surface area contributed by atoms with Crippen LogP contribution in [0.1, 0.15) is 30.9 Å². The summed E-state index contributed by atoms with van der Waals surface area (Å²) in [5, 5.41) is 3.06. The standard InChI is InChI=1S/C24H30N4O2/c1-2-20-10-6-7-11-22(20)25-23(29)26-14-12-21(13-15-26)28-17-16-27(24(28)30)18-19-8-4-3-5-9-19/h3-11,21H,2,12-18H2,1H3,(H,25,29). The number of para-hydroxylation sites is 1. The van der Waals surface area contributed by atoms with Crippen LogP contribution in [-0.4, -0.2) is 59.0 Å². The fourth-order valence-electron chi connectivity index (χ4n) is 4.42. The third-order valence-corrected chi connectivity index (χ3v) is 6.18. The van der Waals surface area contributed by atoms with Crippen molar-refractivity contribution in [2.24, 2.45) is 0 Å². The number of amides is 4. The van der Waals surface area contributed by atoms with Gasteiger partial charge in [0.15, 0.2) is 0 Å². The quantitative estimate of drug-likeness (QED) is 0.810. The Balaban J connectivity index is 1.29. The van der Waals surface area contributed by atoms with E-state index < -0.39 is 0 Å². The van der Waals surface area contributed by atoms with Gasteiger partial charge in [0.2, 0.25) is 0 Å². The highest BCUT2D eigenvalue weighted by atomic mass is 16.2. The van der Waals surface area contributed by atoms with Crippen LogP contribution in [0.3, 0.4) is 0 Å². The molecule has 0 aliphatic carbocycles. The molecule has 0 unspecified atom stereocenters. The van der Waals surface area contributed by atoms with Crippen molar-refractivity contribution in [2.45, 2.75) is 38.8 Å². The lowest BCUT2D eigenvalue weighted by Gasteiger charge is -2.36. The summed E-state index contributed by atoms with van der Waals surface area (Å²) in [5.74, 6) is 0. The third kappa shape index (κ3) is 4.42. The number of benzene rings is 2. The second-order valence-corrected chi connectivity index (χ2v) is 8.04. The number of aryl methyl sites for hydroxylation is 1. The Morgan fingerprint density at radius 1 is 0.967 bits per heavy atom. The molecule has 0 spiro atoms. The molecular formula is C24H30N4O2. The van der Waals surface area contributed by atoms with E-state index in [1.165, 1.54) is 0 Å². The molecule has 0 atom stereocenters. The van der Waals surface area contributed by atoms with Crippen LogP contribution in [0, 0.1) is 0 Å². The number of nitrogens with zero attached hydrogens (tertiary/aromatic N) is 3. The molecule has 0 saturated carbocycles. The topological polar surface area (TPSA) is 55.9 Å². The molecule has 2 aromatic rings. The van der Waals surface area contributed by atoms with Gasteiger partial charge in [-0.3, -0.25) is 0 Å². The Morgan fingerprint density at radius 3 is 2.40 bits per heavy atom. The van der Waals surface area contributed by atoms with E-state index in [0.29, 0.717) is 19.6 Å². The predicted molar refractivity (Wildman–Crippen MR) is 118 cm³/mol. The van der Waals surface area contributed by atoms with Gasteiger partial charge in [0.1, 0.15) is 0 Å². The van der Waals surface area contributed by atoms with Crippen molar-refractivity contribution < 1.29 is 9.59 Å². The van der Waals surface area contributed by atoms with Gasteiger partial charge in [-0.25, -0.2) is 9.59 Å². The number of piperidine rings is 1. The highest BCUT2D eigenvalue weighted by molar-refractivity contribution is 5.90. The van der Waals surface area contributed by atoms with Gasteiger partial charge in [-0.15, -0.1) is 0 Å². The SMILES string of the molecule is CCc1ccccc1NC(=O)N1CCC(N2CCN(Cc3ccccc3)C2=O)CC1. The zero-order chi connectivity index (χ0) is 20.9.